The Morgan fingerprint density at radius 1 is 0.885 bits per heavy atom. The van der Waals surface area contributed by atoms with Crippen molar-refractivity contribution in [1.29, 1.82) is 0 Å². The van der Waals surface area contributed by atoms with Gasteiger partial charge in [0.25, 0.3) is 0 Å². The van der Waals surface area contributed by atoms with Gasteiger partial charge in [0, 0.05) is 31.8 Å². The van der Waals surface area contributed by atoms with Gasteiger partial charge in [0.2, 0.25) is 5.91 Å². The molecule has 142 valence electrons. The summed E-state index contributed by atoms with van der Waals surface area (Å²) in [4.78, 5) is 26.9. The molecule has 3 nitrogen and oxygen atoms in total. The number of fused-ring (bicyclic) bond motifs is 1. The highest BCUT2D eigenvalue weighted by Crippen LogP contribution is 2.35. The Morgan fingerprint density at radius 2 is 1.62 bits per heavy atom. The Hall–Kier alpha value is -1.64. The number of Topliss-reactive ketones (excluding diaryl/α,β-unsaturated/α-hetero) is 1. The average molecular weight is 356 g/mol. The van der Waals surface area contributed by atoms with Gasteiger partial charge in [0.05, 0.1) is 0 Å². The number of likely N-dealkylation sites (tertiary alicyclic amines) is 1. The highest BCUT2D eigenvalue weighted by atomic mass is 16.2. The van der Waals surface area contributed by atoms with Crippen LogP contribution in [0.5, 0.6) is 0 Å². The standard InChI is InChI=1S/C23H33NO2/c25-21(14-6-11-19-9-2-1-3-10-19)15-7-17-23(26)24-18-8-13-20-12-4-5-16-22(20)24/h1-3,9-10,20,22H,4-8,11-18H2. The fraction of sp³-hybridized carbons (Fsp3) is 0.652. The van der Waals surface area contributed by atoms with Crippen molar-refractivity contribution in [2.24, 2.45) is 5.92 Å². The number of ketones is 1. The van der Waals surface area contributed by atoms with Crippen LogP contribution in [0.15, 0.2) is 30.3 Å². The number of nitrogens with zero attached hydrogens (tertiary/aromatic N) is 1. The molecule has 2 fully saturated rings. The second-order valence-corrected chi connectivity index (χ2v) is 8.07. The summed E-state index contributed by atoms with van der Waals surface area (Å²) in [6.07, 6.45) is 11.9. The van der Waals surface area contributed by atoms with Gasteiger partial charge in [-0.3, -0.25) is 9.59 Å². The van der Waals surface area contributed by atoms with Crippen LogP contribution in [0.1, 0.15) is 76.2 Å². The molecule has 0 spiro atoms. The SMILES string of the molecule is O=C(CCCC(=O)N1CCCC2CCCCC21)CCCc1ccccc1. The molecule has 1 aliphatic heterocycles. The molecule has 0 bridgehead atoms. The van der Waals surface area contributed by atoms with E-state index >= 15 is 0 Å². The number of carbonyl (C=O) groups is 2. The van der Waals surface area contributed by atoms with Crippen LogP contribution in [0.2, 0.25) is 0 Å². The first-order chi connectivity index (χ1) is 12.7. The van der Waals surface area contributed by atoms with Gasteiger partial charge in [-0.05, 0) is 56.4 Å². The lowest BCUT2D eigenvalue weighted by molar-refractivity contribution is -0.137. The summed E-state index contributed by atoms with van der Waals surface area (Å²) in [5.41, 5.74) is 1.29. The summed E-state index contributed by atoms with van der Waals surface area (Å²) in [6, 6.07) is 10.8. The van der Waals surface area contributed by atoms with Gasteiger partial charge >= 0.3 is 0 Å². The van der Waals surface area contributed by atoms with E-state index in [2.05, 4.69) is 17.0 Å². The van der Waals surface area contributed by atoms with Crippen molar-refractivity contribution in [2.45, 2.75) is 83.1 Å². The minimum Gasteiger partial charge on any atom is -0.339 e. The molecule has 3 heteroatoms. The number of hydrogen-bond donors (Lipinski definition) is 0. The van der Waals surface area contributed by atoms with Gasteiger partial charge in [-0.15, -0.1) is 0 Å². The van der Waals surface area contributed by atoms with Crippen LogP contribution >= 0.6 is 0 Å². The van der Waals surface area contributed by atoms with Gasteiger partial charge < -0.3 is 4.90 Å². The topological polar surface area (TPSA) is 37.4 Å². The second-order valence-electron chi connectivity index (χ2n) is 8.07. The third-order valence-electron chi connectivity index (χ3n) is 6.17. The molecule has 26 heavy (non-hydrogen) atoms. The summed E-state index contributed by atoms with van der Waals surface area (Å²) in [7, 11) is 0. The molecule has 1 heterocycles. The zero-order valence-corrected chi connectivity index (χ0v) is 16.0. The third-order valence-corrected chi connectivity index (χ3v) is 6.17. The number of rotatable bonds is 8. The summed E-state index contributed by atoms with van der Waals surface area (Å²) in [5.74, 6) is 1.34. The molecule has 1 aromatic rings. The van der Waals surface area contributed by atoms with Gasteiger partial charge in [0.1, 0.15) is 5.78 Å². The van der Waals surface area contributed by atoms with Crippen LogP contribution in [0.4, 0.5) is 0 Å². The summed E-state index contributed by atoms with van der Waals surface area (Å²) in [5, 5.41) is 0. The van der Waals surface area contributed by atoms with Crippen molar-refractivity contribution in [1.82, 2.24) is 4.90 Å². The average Bonchev–Trinajstić information content (AvgIpc) is 2.68. The van der Waals surface area contributed by atoms with Crippen molar-refractivity contribution >= 4 is 11.7 Å². The Kier molecular flexibility index (Phi) is 7.28. The normalized spacial score (nSPS) is 22.7. The fourth-order valence-corrected chi connectivity index (χ4v) is 4.77. The maximum Gasteiger partial charge on any atom is 0.222 e. The molecular formula is C23H33NO2. The number of carbonyl (C=O) groups excluding carboxylic acids is 2. The predicted molar refractivity (Wildman–Crippen MR) is 105 cm³/mol. The van der Waals surface area contributed by atoms with Crippen LogP contribution in [0.3, 0.4) is 0 Å². The molecule has 2 aliphatic rings. The number of benzene rings is 1. The molecule has 0 N–H and O–H groups in total. The van der Waals surface area contributed by atoms with E-state index in [1.54, 1.807) is 0 Å². The molecular weight excluding hydrogens is 322 g/mol. The molecule has 1 aromatic carbocycles. The minimum absolute atomic E-state index is 0.290. The van der Waals surface area contributed by atoms with Crippen molar-refractivity contribution in [3.8, 4) is 0 Å². The van der Waals surface area contributed by atoms with Crippen LogP contribution in [-0.2, 0) is 16.0 Å². The van der Waals surface area contributed by atoms with Gasteiger partial charge in [-0.25, -0.2) is 0 Å². The van der Waals surface area contributed by atoms with Crippen LogP contribution in [-0.4, -0.2) is 29.2 Å². The smallest absolute Gasteiger partial charge is 0.222 e. The Bertz CT molecular complexity index is 581. The van der Waals surface area contributed by atoms with E-state index < -0.39 is 0 Å². The van der Waals surface area contributed by atoms with Crippen LogP contribution in [0.25, 0.3) is 0 Å². The van der Waals surface area contributed by atoms with Gasteiger partial charge in [-0.1, -0.05) is 43.2 Å². The minimum atomic E-state index is 0.290. The predicted octanol–water partition coefficient (Wildman–Crippen LogP) is 4.93. The first-order valence-corrected chi connectivity index (χ1v) is 10.6. The zero-order valence-electron chi connectivity index (χ0n) is 16.0. The number of piperidine rings is 1. The van der Waals surface area contributed by atoms with Gasteiger partial charge in [0.15, 0.2) is 0 Å². The van der Waals surface area contributed by atoms with E-state index in [4.69, 9.17) is 0 Å². The Labute approximate surface area is 158 Å². The molecule has 0 radical (unpaired) electrons. The number of amides is 1. The molecule has 1 saturated carbocycles. The third kappa shape index (κ3) is 5.43. The Morgan fingerprint density at radius 3 is 2.46 bits per heavy atom. The second kappa shape index (κ2) is 9.89. The van der Waals surface area contributed by atoms with Crippen LogP contribution in [0, 0.1) is 5.92 Å². The molecule has 2 unspecified atom stereocenters. The lowest BCUT2D eigenvalue weighted by Crippen LogP contribution is -2.49. The highest BCUT2D eigenvalue weighted by Gasteiger charge is 2.35. The van der Waals surface area contributed by atoms with Crippen molar-refractivity contribution < 1.29 is 9.59 Å². The molecule has 1 aliphatic carbocycles. The lowest BCUT2D eigenvalue weighted by atomic mass is 9.78. The van der Waals surface area contributed by atoms with Crippen molar-refractivity contribution in [3.05, 3.63) is 35.9 Å². The first kappa shape index (κ1) is 19.1. The number of hydrogen-bond acceptors (Lipinski definition) is 2. The lowest BCUT2D eigenvalue weighted by Gasteiger charge is -2.44. The summed E-state index contributed by atoms with van der Waals surface area (Å²) < 4.78 is 0. The quantitative estimate of drug-likeness (QED) is 0.663. The van der Waals surface area contributed by atoms with Crippen molar-refractivity contribution in [3.63, 3.8) is 0 Å². The van der Waals surface area contributed by atoms with Crippen molar-refractivity contribution in [2.75, 3.05) is 6.54 Å². The van der Waals surface area contributed by atoms with E-state index in [0.717, 1.165) is 38.1 Å². The molecule has 1 amide bonds. The molecule has 1 saturated heterocycles. The van der Waals surface area contributed by atoms with E-state index in [-0.39, 0.29) is 0 Å². The largest absolute Gasteiger partial charge is 0.339 e. The molecule has 2 atom stereocenters. The van der Waals surface area contributed by atoms with E-state index in [1.165, 1.54) is 37.7 Å². The molecule has 0 aromatic heterocycles. The van der Waals surface area contributed by atoms with E-state index in [1.807, 2.05) is 18.2 Å². The van der Waals surface area contributed by atoms with E-state index in [0.29, 0.717) is 37.0 Å². The highest BCUT2D eigenvalue weighted by molar-refractivity contribution is 5.80. The maximum atomic E-state index is 12.6. The van der Waals surface area contributed by atoms with Crippen LogP contribution < -0.4 is 0 Å². The first-order valence-electron chi connectivity index (χ1n) is 10.6. The molecule has 3 rings (SSSR count). The van der Waals surface area contributed by atoms with Gasteiger partial charge in [-0.2, -0.15) is 0 Å². The number of aryl methyl sites for hydroxylation is 1. The maximum absolute atomic E-state index is 12.6. The Balaban J connectivity index is 1.33. The summed E-state index contributed by atoms with van der Waals surface area (Å²) >= 11 is 0. The fourth-order valence-electron chi connectivity index (χ4n) is 4.77. The van der Waals surface area contributed by atoms with E-state index in [9.17, 15) is 9.59 Å². The zero-order chi connectivity index (χ0) is 18.2. The summed E-state index contributed by atoms with van der Waals surface area (Å²) in [6.45, 7) is 0.936. The monoisotopic (exact) mass is 355 g/mol.